The molecule has 0 amide bonds. The van der Waals surface area contributed by atoms with Crippen LogP contribution in [0.2, 0.25) is 5.28 Å². The third-order valence-corrected chi connectivity index (χ3v) is 1.78. The molecule has 0 aromatic carbocycles. The Hall–Kier alpha value is -1.36. The molecule has 6 heteroatoms. The van der Waals surface area contributed by atoms with E-state index >= 15 is 0 Å². The summed E-state index contributed by atoms with van der Waals surface area (Å²) in [5.41, 5.74) is 0.638. The predicted octanol–water partition coefficient (Wildman–Crippen LogP) is 1.16. The van der Waals surface area contributed by atoms with Gasteiger partial charge in [-0.25, -0.2) is 4.98 Å². The molecule has 1 aromatic rings. The van der Waals surface area contributed by atoms with Crippen molar-refractivity contribution in [2.45, 2.75) is 12.8 Å². The fourth-order valence-corrected chi connectivity index (χ4v) is 1.09. The Kier molecular flexibility index (Phi) is 3.64. The molecule has 14 heavy (non-hydrogen) atoms. The van der Waals surface area contributed by atoms with Crippen LogP contribution in [0.25, 0.3) is 0 Å². The topological polar surface area (TPSA) is 72.3 Å². The summed E-state index contributed by atoms with van der Waals surface area (Å²) >= 11 is 5.54. The fraction of sp³-hybridized carbons (Fsp3) is 0.375. The van der Waals surface area contributed by atoms with Gasteiger partial charge in [0.1, 0.15) is 0 Å². The molecule has 0 unspecified atom stereocenters. The first-order valence-corrected chi connectivity index (χ1v) is 4.28. The number of carboxylic acids is 1. The van der Waals surface area contributed by atoms with Crippen LogP contribution in [0, 0.1) is 0 Å². The second-order valence-corrected chi connectivity index (χ2v) is 2.91. The van der Waals surface area contributed by atoms with Crippen molar-refractivity contribution in [2.24, 2.45) is 0 Å². The molecule has 1 N–H and O–H groups in total. The van der Waals surface area contributed by atoms with Crippen molar-refractivity contribution in [1.29, 1.82) is 0 Å². The van der Waals surface area contributed by atoms with Crippen molar-refractivity contribution in [1.82, 2.24) is 9.97 Å². The number of methoxy groups -OCH3 is 1. The molecule has 0 atom stereocenters. The molecule has 0 spiro atoms. The van der Waals surface area contributed by atoms with E-state index in [1.165, 1.54) is 13.3 Å². The molecule has 1 heterocycles. The molecule has 0 aliphatic carbocycles. The molecular formula is C8H9ClN2O3. The summed E-state index contributed by atoms with van der Waals surface area (Å²) in [5.74, 6) is -0.548. The van der Waals surface area contributed by atoms with Gasteiger partial charge in [-0.1, -0.05) is 0 Å². The molecule has 0 saturated carbocycles. The van der Waals surface area contributed by atoms with Crippen molar-refractivity contribution in [3.05, 3.63) is 17.0 Å². The molecule has 76 valence electrons. The maximum Gasteiger partial charge on any atom is 0.303 e. The molecular weight excluding hydrogens is 208 g/mol. The van der Waals surface area contributed by atoms with Gasteiger partial charge in [-0.3, -0.25) is 4.79 Å². The standard InChI is InChI=1S/C8H9ClN2O3/c1-14-7-5(2-3-6(12)13)4-10-8(9)11-7/h4H,2-3H2,1H3,(H,12,13). The van der Waals surface area contributed by atoms with Crippen molar-refractivity contribution >= 4 is 17.6 Å². The first-order valence-electron chi connectivity index (χ1n) is 3.90. The molecule has 1 aromatic heterocycles. The van der Waals surface area contributed by atoms with Crippen molar-refractivity contribution in [2.75, 3.05) is 7.11 Å². The van der Waals surface area contributed by atoms with Crippen LogP contribution < -0.4 is 4.74 Å². The van der Waals surface area contributed by atoms with Crippen molar-refractivity contribution in [3.63, 3.8) is 0 Å². The first kappa shape index (κ1) is 10.7. The van der Waals surface area contributed by atoms with E-state index in [1.807, 2.05) is 0 Å². The van der Waals surface area contributed by atoms with Crippen LogP contribution in [0.4, 0.5) is 0 Å². The van der Waals surface area contributed by atoms with Crippen LogP contribution in [0.1, 0.15) is 12.0 Å². The molecule has 0 radical (unpaired) electrons. The number of aromatic nitrogens is 2. The lowest BCUT2D eigenvalue weighted by molar-refractivity contribution is -0.136. The van der Waals surface area contributed by atoms with Gasteiger partial charge < -0.3 is 9.84 Å². The zero-order valence-electron chi connectivity index (χ0n) is 7.53. The van der Waals surface area contributed by atoms with Crippen molar-refractivity contribution in [3.8, 4) is 5.88 Å². The number of aliphatic carboxylic acids is 1. The zero-order chi connectivity index (χ0) is 10.6. The summed E-state index contributed by atoms with van der Waals surface area (Å²) in [6.45, 7) is 0. The maximum absolute atomic E-state index is 10.3. The Morgan fingerprint density at radius 3 is 3.00 bits per heavy atom. The van der Waals surface area contributed by atoms with E-state index in [-0.39, 0.29) is 11.7 Å². The summed E-state index contributed by atoms with van der Waals surface area (Å²) in [7, 11) is 1.45. The quantitative estimate of drug-likeness (QED) is 0.765. The Bertz CT molecular complexity index is 343. The minimum absolute atomic E-state index is 0.0152. The number of ether oxygens (including phenoxy) is 1. The van der Waals surface area contributed by atoms with E-state index in [4.69, 9.17) is 21.4 Å². The second kappa shape index (κ2) is 4.76. The summed E-state index contributed by atoms with van der Waals surface area (Å²) in [4.78, 5) is 17.9. The normalized spacial score (nSPS) is 9.86. The summed E-state index contributed by atoms with van der Waals surface area (Å²) in [6.07, 6.45) is 1.81. The van der Waals surface area contributed by atoms with Gasteiger partial charge in [-0.15, -0.1) is 0 Å². The van der Waals surface area contributed by atoms with E-state index in [0.717, 1.165) is 0 Å². The molecule has 0 fully saturated rings. The highest BCUT2D eigenvalue weighted by molar-refractivity contribution is 6.28. The van der Waals surface area contributed by atoms with Crippen LogP contribution in [-0.2, 0) is 11.2 Å². The largest absolute Gasteiger partial charge is 0.481 e. The van der Waals surface area contributed by atoms with Crippen LogP contribution in [0.5, 0.6) is 5.88 Å². The van der Waals surface area contributed by atoms with Crippen LogP contribution in [-0.4, -0.2) is 28.2 Å². The third kappa shape index (κ3) is 2.85. The van der Waals surface area contributed by atoms with Crippen molar-refractivity contribution < 1.29 is 14.6 Å². The average molecular weight is 217 g/mol. The van der Waals surface area contributed by atoms with Crippen LogP contribution in [0.3, 0.4) is 0 Å². The average Bonchev–Trinajstić information content (AvgIpc) is 2.15. The Labute approximate surface area is 85.7 Å². The number of rotatable bonds is 4. The summed E-state index contributed by atoms with van der Waals surface area (Å²) in [6, 6.07) is 0. The smallest absolute Gasteiger partial charge is 0.303 e. The van der Waals surface area contributed by atoms with Gasteiger partial charge in [-0.2, -0.15) is 4.98 Å². The monoisotopic (exact) mass is 216 g/mol. The van der Waals surface area contributed by atoms with Gasteiger partial charge in [0, 0.05) is 18.2 Å². The molecule has 0 bridgehead atoms. The highest BCUT2D eigenvalue weighted by Gasteiger charge is 2.08. The van der Waals surface area contributed by atoms with Gasteiger partial charge in [0.25, 0.3) is 0 Å². The molecule has 1 rings (SSSR count). The fourth-order valence-electron chi connectivity index (χ4n) is 0.961. The lowest BCUT2D eigenvalue weighted by Crippen LogP contribution is -2.01. The van der Waals surface area contributed by atoms with E-state index in [2.05, 4.69) is 9.97 Å². The molecule has 0 saturated heterocycles. The van der Waals surface area contributed by atoms with Gasteiger partial charge in [0.2, 0.25) is 11.2 Å². The summed E-state index contributed by atoms with van der Waals surface area (Å²) in [5, 5.41) is 8.57. The Balaban J connectivity index is 2.80. The van der Waals surface area contributed by atoms with E-state index < -0.39 is 5.97 Å². The lowest BCUT2D eigenvalue weighted by atomic mass is 10.2. The highest BCUT2D eigenvalue weighted by Crippen LogP contribution is 2.17. The molecule has 5 nitrogen and oxygen atoms in total. The molecule has 0 aliphatic rings. The number of aryl methyl sites for hydroxylation is 1. The van der Waals surface area contributed by atoms with E-state index in [0.29, 0.717) is 17.9 Å². The third-order valence-electron chi connectivity index (χ3n) is 1.60. The number of hydrogen-bond donors (Lipinski definition) is 1. The maximum atomic E-state index is 10.3. The minimum Gasteiger partial charge on any atom is -0.481 e. The molecule has 0 aliphatic heterocycles. The number of nitrogens with zero attached hydrogens (tertiary/aromatic N) is 2. The van der Waals surface area contributed by atoms with Gasteiger partial charge in [-0.05, 0) is 18.0 Å². The first-order chi connectivity index (χ1) is 6.63. The zero-order valence-corrected chi connectivity index (χ0v) is 8.28. The van der Waals surface area contributed by atoms with Crippen LogP contribution >= 0.6 is 11.6 Å². The predicted molar refractivity (Wildman–Crippen MR) is 49.6 cm³/mol. The van der Waals surface area contributed by atoms with E-state index in [9.17, 15) is 4.79 Å². The number of hydrogen-bond acceptors (Lipinski definition) is 4. The van der Waals surface area contributed by atoms with Gasteiger partial charge in [0.05, 0.1) is 7.11 Å². The second-order valence-electron chi connectivity index (χ2n) is 2.57. The lowest BCUT2D eigenvalue weighted by Gasteiger charge is -2.04. The highest BCUT2D eigenvalue weighted by atomic mass is 35.5. The Morgan fingerprint density at radius 2 is 2.43 bits per heavy atom. The number of carboxylic acid groups (broad SMARTS) is 1. The van der Waals surface area contributed by atoms with Gasteiger partial charge >= 0.3 is 5.97 Å². The minimum atomic E-state index is -0.873. The van der Waals surface area contributed by atoms with Crippen LogP contribution in [0.15, 0.2) is 6.20 Å². The number of halogens is 1. The SMILES string of the molecule is COc1nc(Cl)ncc1CCC(=O)O. The van der Waals surface area contributed by atoms with Gasteiger partial charge in [0.15, 0.2) is 0 Å². The summed E-state index contributed by atoms with van der Waals surface area (Å²) < 4.78 is 4.93. The number of carbonyl (C=O) groups is 1. The Morgan fingerprint density at radius 1 is 1.71 bits per heavy atom. The van der Waals surface area contributed by atoms with E-state index in [1.54, 1.807) is 0 Å².